The molecule has 0 rings (SSSR count). The highest BCUT2D eigenvalue weighted by molar-refractivity contribution is 5.27. The van der Waals surface area contributed by atoms with Crippen LogP contribution >= 0.6 is 0 Å². The van der Waals surface area contributed by atoms with Crippen LogP contribution in [0.4, 0.5) is 0 Å². The monoisotopic (exact) mass is 152 g/mol. The van der Waals surface area contributed by atoms with E-state index in [1.54, 1.807) is 12.3 Å². The first kappa shape index (κ1) is 9.82. The van der Waals surface area contributed by atoms with E-state index in [-0.39, 0.29) is 0 Å². The van der Waals surface area contributed by atoms with E-state index in [9.17, 15) is 0 Å². The summed E-state index contributed by atoms with van der Waals surface area (Å²) in [6.07, 6.45) is 5.00. The molecule has 62 valence electrons. The van der Waals surface area contributed by atoms with Crippen LogP contribution in [-0.2, 0) is 0 Å². The molecule has 0 spiro atoms. The van der Waals surface area contributed by atoms with Gasteiger partial charge in [-0.05, 0) is 29.8 Å². The topological polar surface area (TPSA) is 52.0 Å². The van der Waals surface area contributed by atoms with E-state index in [4.69, 9.17) is 11.5 Å². The van der Waals surface area contributed by atoms with E-state index >= 15 is 0 Å². The quantitative estimate of drug-likeness (QED) is 0.602. The lowest BCUT2D eigenvalue weighted by Gasteiger charge is -2.04. The Morgan fingerprint density at radius 3 is 2.27 bits per heavy atom. The molecule has 0 aliphatic carbocycles. The summed E-state index contributed by atoms with van der Waals surface area (Å²) in [7, 11) is 0. The molecule has 2 nitrogen and oxygen atoms in total. The summed E-state index contributed by atoms with van der Waals surface area (Å²) in [6, 6.07) is 0. The first-order chi connectivity index (χ1) is 5.11. The summed E-state index contributed by atoms with van der Waals surface area (Å²) in [4.78, 5) is 0. The minimum atomic E-state index is 0.401. The van der Waals surface area contributed by atoms with Crippen molar-refractivity contribution in [2.24, 2.45) is 17.4 Å². The normalized spacial score (nSPS) is 13.7. The second-order valence-electron chi connectivity index (χ2n) is 2.67. The maximum atomic E-state index is 5.53. The molecule has 0 heterocycles. The van der Waals surface area contributed by atoms with E-state index in [1.807, 2.05) is 6.08 Å². The van der Waals surface area contributed by atoms with Crippen LogP contribution in [0, 0.1) is 5.92 Å². The van der Waals surface area contributed by atoms with Gasteiger partial charge in [-0.15, -0.1) is 0 Å². The molecule has 0 saturated carbocycles. The Morgan fingerprint density at radius 1 is 1.45 bits per heavy atom. The van der Waals surface area contributed by atoms with E-state index in [2.05, 4.69) is 20.4 Å². The minimum absolute atomic E-state index is 0.401. The van der Waals surface area contributed by atoms with Gasteiger partial charge in [-0.25, -0.2) is 0 Å². The molecule has 0 fully saturated rings. The fraction of sp³-hybridized carbons (Fsp3) is 0.333. The van der Waals surface area contributed by atoms with Gasteiger partial charge in [0.25, 0.3) is 0 Å². The van der Waals surface area contributed by atoms with E-state index in [0.29, 0.717) is 11.6 Å². The largest absolute Gasteiger partial charge is 0.404 e. The van der Waals surface area contributed by atoms with Crippen LogP contribution in [0.25, 0.3) is 0 Å². The molecule has 4 N–H and O–H groups in total. The highest BCUT2D eigenvalue weighted by Gasteiger charge is 1.97. The van der Waals surface area contributed by atoms with Crippen LogP contribution in [-0.4, -0.2) is 0 Å². The van der Waals surface area contributed by atoms with E-state index < -0.39 is 0 Å². The summed E-state index contributed by atoms with van der Waals surface area (Å²) in [5.74, 6) is 0.401. The maximum absolute atomic E-state index is 5.53. The van der Waals surface area contributed by atoms with Gasteiger partial charge in [0.2, 0.25) is 0 Å². The molecule has 0 aromatic carbocycles. The van der Waals surface area contributed by atoms with Crippen molar-refractivity contribution in [2.75, 3.05) is 0 Å². The molecule has 2 heteroatoms. The van der Waals surface area contributed by atoms with Gasteiger partial charge in [-0.3, -0.25) is 0 Å². The lowest BCUT2D eigenvalue weighted by Crippen LogP contribution is -1.99. The summed E-state index contributed by atoms with van der Waals surface area (Å²) in [5, 5.41) is 0. The summed E-state index contributed by atoms with van der Waals surface area (Å²) < 4.78 is 0. The number of allylic oxidation sites excluding steroid dienone is 3. The zero-order valence-electron chi connectivity index (χ0n) is 7.17. The SMILES string of the molecule is C=C/C(N)=C\C(=C/N)C(C)C. The van der Waals surface area contributed by atoms with Crippen molar-refractivity contribution in [3.8, 4) is 0 Å². The number of hydrogen-bond donors (Lipinski definition) is 2. The molecule has 0 saturated heterocycles. The third-order valence-corrected chi connectivity index (χ3v) is 1.43. The highest BCUT2D eigenvalue weighted by Crippen LogP contribution is 2.10. The third-order valence-electron chi connectivity index (χ3n) is 1.43. The molecule has 11 heavy (non-hydrogen) atoms. The fourth-order valence-electron chi connectivity index (χ4n) is 0.659. The van der Waals surface area contributed by atoms with Crippen LogP contribution < -0.4 is 11.5 Å². The molecule has 0 aliphatic rings. The molecule has 0 amide bonds. The fourth-order valence-corrected chi connectivity index (χ4v) is 0.659. The molecule has 0 bridgehead atoms. The van der Waals surface area contributed by atoms with Crippen molar-refractivity contribution in [2.45, 2.75) is 13.8 Å². The standard InChI is InChI=1S/C9H16N2/c1-4-9(11)5-8(6-10)7(2)3/h4-7H,1,10-11H2,2-3H3/b8-6+,9-5+. The molecule has 0 aromatic rings. The molecule has 0 unspecified atom stereocenters. The Labute approximate surface area is 68.3 Å². The molecular weight excluding hydrogens is 136 g/mol. The van der Waals surface area contributed by atoms with Crippen molar-refractivity contribution in [1.29, 1.82) is 0 Å². The lowest BCUT2D eigenvalue weighted by molar-refractivity contribution is 0.787. The average molecular weight is 152 g/mol. The zero-order chi connectivity index (χ0) is 8.85. The number of rotatable bonds is 3. The van der Waals surface area contributed by atoms with Gasteiger partial charge in [0.15, 0.2) is 0 Å². The summed E-state index contributed by atoms with van der Waals surface area (Å²) >= 11 is 0. The smallest absolute Gasteiger partial charge is 0.0311 e. The Hall–Kier alpha value is -1.18. The summed E-state index contributed by atoms with van der Waals surface area (Å²) in [5.41, 5.74) is 12.6. The maximum Gasteiger partial charge on any atom is 0.0311 e. The van der Waals surface area contributed by atoms with Crippen molar-refractivity contribution in [1.82, 2.24) is 0 Å². The van der Waals surface area contributed by atoms with Gasteiger partial charge in [0.05, 0.1) is 0 Å². The number of nitrogens with two attached hydrogens (primary N) is 2. The lowest BCUT2D eigenvalue weighted by atomic mass is 10.0. The van der Waals surface area contributed by atoms with Gasteiger partial charge in [0.1, 0.15) is 0 Å². The van der Waals surface area contributed by atoms with Gasteiger partial charge in [0, 0.05) is 5.70 Å². The van der Waals surface area contributed by atoms with Gasteiger partial charge in [-0.2, -0.15) is 0 Å². The van der Waals surface area contributed by atoms with Crippen molar-refractivity contribution < 1.29 is 0 Å². The molecule has 0 radical (unpaired) electrons. The number of hydrogen-bond acceptors (Lipinski definition) is 2. The predicted molar refractivity (Wildman–Crippen MR) is 49.6 cm³/mol. The van der Waals surface area contributed by atoms with Crippen molar-refractivity contribution in [3.05, 3.63) is 36.2 Å². The van der Waals surface area contributed by atoms with E-state index in [0.717, 1.165) is 5.57 Å². The zero-order valence-corrected chi connectivity index (χ0v) is 7.17. The molecule has 0 aromatic heterocycles. The Morgan fingerprint density at radius 2 is 2.00 bits per heavy atom. The predicted octanol–water partition coefficient (Wildman–Crippen LogP) is 1.51. The highest BCUT2D eigenvalue weighted by atomic mass is 14.6. The Bertz CT molecular complexity index is 188. The van der Waals surface area contributed by atoms with Crippen LogP contribution in [0.1, 0.15) is 13.8 Å². The Kier molecular flexibility index (Phi) is 4.11. The first-order valence-electron chi connectivity index (χ1n) is 3.63. The van der Waals surface area contributed by atoms with Crippen LogP contribution in [0.15, 0.2) is 36.2 Å². The van der Waals surface area contributed by atoms with Crippen LogP contribution in [0.2, 0.25) is 0 Å². The minimum Gasteiger partial charge on any atom is -0.404 e. The van der Waals surface area contributed by atoms with Crippen LogP contribution in [0.3, 0.4) is 0 Å². The van der Waals surface area contributed by atoms with Gasteiger partial charge in [-0.1, -0.05) is 20.4 Å². The van der Waals surface area contributed by atoms with E-state index in [1.165, 1.54) is 0 Å². The van der Waals surface area contributed by atoms with Gasteiger partial charge >= 0.3 is 0 Å². The van der Waals surface area contributed by atoms with Crippen LogP contribution in [0.5, 0.6) is 0 Å². The van der Waals surface area contributed by atoms with Crippen molar-refractivity contribution >= 4 is 0 Å². The van der Waals surface area contributed by atoms with Crippen molar-refractivity contribution in [3.63, 3.8) is 0 Å². The molecular formula is C9H16N2. The summed E-state index contributed by atoms with van der Waals surface area (Å²) in [6.45, 7) is 7.67. The first-order valence-corrected chi connectivity index (χ1v) is 3.63. The second-order valence-corrected chi connectivity index (χ2v) is 2.67. The Balaban J connectivity index is 4.44. The molecule has 0 aliphatic heterocycles. The molecule has 0 atom stereocenters. The average Bonchev–Trinajstić information content (AvgIpc) is 1.99. The second kappa shape index (κ2) is 4.61. The third kappa shape index (κ3) is 3.50. The van der Waals surface area contributed by atoms with Gasteiger partial charge < -0.3 is 11.5 Å².